The van der Waals surface area contributed by atoms with E-state index in [1.165, 1.54) is 148 Å². The fourth-order valence-electron chi connectivity index (χ4n) is 18.1. The number of fused-ring (bicyclic) bond motifs is 2. The van der Waals surface area contributed by atoms with Gasteiger partial charge in [0.2, 0.25) is 56.0 Å². The number of benzene rings is 5. The maximum atomic E-state index is 13.9. The highest BCUT2D eigenvalue weighted by molar-refractivity contribution is 9.09. The number of aliphatic hydroxyl groups is 1. The van der Waals surface area contributed by atoms with Crippen LogP contribution in [0.1, 0.15) is 192 Å². The third-order valence-corrected chi connectivity index (χ3v) is 50.6. The van der Waals surface area contributed by atoms with Crippen LogP contribution in [-0.2, 0) is 87.5 Å². The van der Waals surface area contributed by atoms with Gasteiger partial charge in [-0.1, -0.05) is 134 Å². The van der Waals surface area contributed by atoms with Crippen LogP contribution < -0.4 is 11.5 Å². The predicted molar refractivity (Wildman–Crippen MR) is 575 cm³/mol. The topological polar surface area (TPSA) is 398 Å². The van der Waals surface area contributed by atoms with Gasteiger partial charge in [-0.3, -0.25) is 9.59 Å². The van der Waals surface area contributed by atoms with E-state index in [1.54, 1.807) is 67.9 Å². The monoisotopic (exact) mass is 2330 g/mol. The molecule has 7 aromatic rings. The lowest BCUT2D eigenvalue weighted by molar-refractivity contribution is -0.160. The quantitative estimate of drug-likeness (QED) is 0.0141. The summed E-state index contributed by atoms with van der Waals surface area (Å²) in [5.74, 6) is -1.08. The minimum Gasteiger partial charge on any atom is -0.463 e. The van der Waals surface area contributed by atoms with Crippen LogP contribution in [0.15, 0.2) is 169 Å². The molecule has 2 amide bonds. The molecule has 8 aliphatic heterocycles. The molecule has 10 atom stereocenters. The van der Waals surface area contributed by atoms with E-state index < -0.39 is 121 Å². The second kappa shape index (κ2) is 53.4. The number of hydrogen-bond acceptors (Lipinski definition) is 26. The Labute approximate surface area is 894 Å². The zero-order valence-corrected chi connectivity index (χ0v) is 96.8. The van der Waals surface area contributed by atoms with Gasteiger partial charge in [-0.2, -0.15) is 21.5 Å². The number of rotatable bonds is 27. The smallest absolute Gasteiger partial charge is 0.409 e. The molecule has 10 heterocycles. The molecule has 8 fully saturated rings. The zero-order valence-electron chi connectivity index (χ0n) is 82.9. The molecule has 15 rings (SSSR count). The molecule has 0 aliphatic carbocycles. The van der Waals surface area contributed by atoms with Crippen LogP contribution >= 0.6 is 109 Å². The standard InChI is InChI=1S/C26H35ClN4O4S2.C19H31ClN2O4SSi.C19H31ClN2O3S2Si.C15H17ClN2O3S2.C13H14ClNO4S.C4H9BrO2/c27-20-7-9-23(10-8-20)37(33,34)31-22(5-4-6-24(31)25-28-13-18-36-25)19-35-26(32)30-16-11-21(12-17-30)29-14-2-1-3-15-29;1-19(2,3)28(4,5)26-13-15-7-6-8-17(18(21)23)22(15)27(24,25)16-11-9-14(20)10-12-16;1-19(2,3)28(4,5)25-13-15-7-6-8-17(18(21)26)22(15)27(23,24)16-11-9-14(20)10-12-16;16-11-4-6-13(7-5-11)23(20,21)18-12(10-19)2-1-3-14(18)15-17-8-9-22-15;14-9-4-6-11(7-5-9)20(17,18)15-10-2-1-3-12(15)13(16)19-8-10;1-6-4(3-5)7-2/h7-10,13,18,21-22,24H,1-6,11-12,14-17,19H2;9-12,15,17H,6-8,13H2,1-5H3,(H2,21,23);9-12,15,17H,6-8,13H2,1-5H3,(H2,21,26);4-9,12,14,19H,1-3,10H2;4-7,10,12H,1-3,8H2;4H,3H2,1-2H3. The minimum atomic E-state index is -3.92. The number of methoxy groups -OCH3 is 2. The number of nitrogens with zero attached hydrogens (tertiary/aromatic N) is 9. The lowest BCUT2D eigenvalue weighted by atomic mass is 9.97. The number of thiazole rings is 2. The summed E-state index contributed by atoms with van der Waals surface area (Å²) in [6.07, 6.45) is 19.1. The molecule has 5 N–H and O–H groups in total. The van der Waals surface area contributed by atoms with Crippen LogP contribution in [0.5, 0.6) is 0 Å². The van der Waals surface area contributed by atoms with Crippen LogP contribution in [-0.4, -0.2) is 268 Å². The second-order valence-corrected chi connectivity index (χ2v) is 63.4. The molecule has 143 heavy (non-hydrogen) atoms. The van der Waals surface area contributed by atoms with E-state index in [0.717, 1.165) is 86.2 Å². The van der Waals surface area contributed by atoms with Gasteiger partial charge in [-0.15, -0.1) is 22.7 Å². The Morgan fingerprint density at radius 1 is 0.469 bits per heavy atom. The van der Waals surface area contributed by atoms with E-state index in [1.807, 2.05) is 10.8 Å². The van der Waals surface area contributed by atoms with Gasteiger partial charge >= 0.3 is 12.1 Å². The van der Waals surface area contributed by atoms with Crippen molar-refractivity contribution in [3.8, 4) is 0 Å². The number of morpholine rings is 1. The highest BCUT2D eigenvalue weighted by Crippen LogP contribution is 2.46. The van der Waals surface area contributed by atoms with Gasteiger partial charge in [0.25, 0.3) is 0 Å². The Morgan fingerprint density at radius 3 is 1.16 bits per heavy atom. The van der Waals surface area contributed by atoms with Crippen LogP contribution in [0.25, 0.3) is 0 Å². The number of amides is 2. The Morgan fingerprint density at radius 2 is 0.811 bits per heavy atom. The summed E-state index contributed by atoms with van der Waals surface area (Å²) in [5.41, 5.74) is 11.5. The van der Waals surface area contributed by atoms with Crippen molar-refractivity contribution < 1.29 is 89.4 Å². The highest BCUT2D eigenvalue weighted by atomic mass is 79.9. The molecule has 0 saturated carbocycles. The summed E-state index contributed by atoms with van der Waals surface area (Å²) in [7, 11) is -19.9. The van der Waals surface area contributed by atoms with Gasteiger partial charge in [-0.05, 0) is 293 Å². The van der Waals surface area contributed by atoms with E-state index in [4.69, 9.17) is 109 Å². The maximum Gasteiger partial charge on any atom is 0.409 e. The summed E-state index contributed by atoms with van der Waals surface area (Å²) >= 11 is 40.8. The van der Waals surface area contributed by atoms with Crippen molar-refractivity contribution in [2.75, 3.05) is 78.8 Å². The number of esters is 1. The van der Waals surface area contributed by atoms with E-state index in [0.29, 0.717) is 102 Å². The number of ether oxygens (including phenoxy) is 4. The number of aromatic nitrogens is 2. The number of likely N-dealkylation sites (tertiary alicyclic amines) is 2. The third-order valence-electron chi connectivity index (χ3n) is 28.0. The van der Waals surface area contributed by atoms with Gasteiger partial charge in [0.1, 0.15) is 35.3 Å². The zero-order chi connectivity index (χ0) is 105. The van der Waals surface area contributed by atoms with Gasteiger partial charge in [-0.25, -0.2) is 56.9 Å². The number of halogens is 6. The van der Waals surface area contributed by atoms with E-state index >= 15 is 0 Å². The van der Waals surface area contributed by atoms with Crippen molar-refractivity contribution in [2.45, 2.75) is 303 Å². The first-order chi connectivity index (χ1) is 67.4. The molecule has 0 radical (unpaired) electrons. The van der Waals surface area contributed by atoms with Crippen LogP contribution in [0.4, 0.5) is 4.79 Å². The number of nitrogens with two attached hydrogens (primary N) is 2. The van der Waals surface area contributed by atoms with Crippen molar-refractivity contribution in [3.05, 3.63) is 180 Å². The molecular weight excluding hydrogens is 2200 g/mol. The molecule has 794 valence electrons. The van der Waals surface area contributed by atoms with Crippen LogP contribution in [0.2, 0.25) is 61.4 Å². The average Bonchev–Trinajstić information content (AvgIpc) is 1.67. The van der Waals surface area contributed by atoms with E-state index in [-0.39, 0.29) is 96.5 Å². The first-order valence-electron chi connectivity index (χ1n) is 48.0. The van der Waals surface area contributed by atoms with E-state index in [2.05, 4.69) is 98.5 Å². The summed E-state index contributed by atoms with van der Waals surface area (Å²) in [5, 5.41) is 18.0. The number of carbonyl (C=O) groups is 3. The lowest BCUT2D eigenvalue weighted by Crippen LogP contribution is -2.59. The third kappa shape index (κ3) is 31.2. The first-order valence-corrected chi connectivity index (χ1v) is 66.2. The SMILES string of the molecule is CC(C)(C)[Si](C)(C)OCC1CCCC(C(N)=O)N1S(=O)(=O)c1ccc(Cl)cc1.CC(C)(C)[Si](C)(C)OCC1CCCC(C(N)=S)N1S(=O)(=O)c1ccc(Cl)cc1.COC(CBr)OC.O=C(OCC1CCCC(c2nccs2)N1S(=O)(=O)c1ccc(Cl)cc1)N1CCC(N2CCCCC2)CC1.O=C1OCC2CCCC1N2S(=O)(=O)c1ccc(Cl)cc1.O=S(=O)(c1ccc(Cl)cc1)N1C(CO)CCCC1c1nccs1. The van der Waals surface area contributed by atoms with Gasteiger partial charge in [0, 0.05) is 99.7 Å². The first kappa shape index (κ1) is 120. The van der Waals surface area contributed by atoms with Gasteiger partial charge in [0.15, 0.2) is 22.9 Å². The fraction of sp³-hybridized carbons (Fsp3) is 0.583. The van der Waals surface area contributed by atoms with Crippen molar-refractivity contribution in [3.63, 3.8) is 0 Å². The molecule has 47 heteroatoms. The van der Waals surface area contributed by atoms with E-state index in [9.17, 15) is 61.6 Å². The van der Waals surface area contributed by atoms with Crippen LogP contribution in [0.3, 0.4) is 0 Å². The molecule has 0 spiro atoms. The van der Waals surface area contributed by atoms with Gasteiger partial charge in [0.05, 0.1) is 84.8 Å². The number of thiocarbonyl (C=S) groups is 1. The fourth-order valence-corrected chi connectivity index (χ4v) is 32.4. The Bertz CT molecular complexity index is 5730. The Hall–Kier alpha value is -4.87. The highest BCUT2D eigenvalue weighted by Gasteiger charge is 2.51. The maximum absolute atomic E-state index is 13.9. The molecule has 8 aliphatic rings. The number of piperidine rings is 7. The molecule has 31 nitrogen and oxygen atoms in total. The molecule has 5 aromatic carbocycles. The van der Waals surface area contributed by atoms with Crippen molar-refractivity contribution >= 4 is 199 Å². The number of alkyl halides is 1. The lowest BCUT2D eigenvalue weighted by Gasteiger charge is -2.43. The summed E-state index contributed by atoms with van der Waals surface area (Å²) in [4.78, 5) is 50.9. The average molecular weight is 2340 g/mol. The Kier molecular flexibility index (Phi) is 44.8. The number of sulfonamides is 5. The predicted octanol–water partition coefficient (Wildman–Crippen LogP) is 19.4. The minimum absolute atomic E-state index is 0.00460. The van der Waals surface area contributed by atoms with Gasteiger partial charge < -0.3 is 54.2 Å². The Balaban J connectivity index is 0.000000183. The van der Waals surface area contributed by atoms with Crippen molar-refractivity contribution in [2.24, 2.45) is 11.5 Å². The number of primary amides is 1. The molecule has 10 unspecified atom stereocenters. The van der Waals surface area contributed by atoms with Crippen molar-refractivity contribution in [1.82, 2.24) is 41.3 Å². The summed E-state index contributed by atoms with van der Waals surface area (Å²) in [6, 6.07) is 26.4. The number of cyclic esters (lactones) is 1. The van der Waals surface area contributed by atoms with Crippen molar-refractivity contribution in [1.29, 1.82) is 0 Å². The largest absolute Gasteiger partial charge is 0.463 e. The normalized spacial score (nSPS) is 23.1. The second-order valence-electron chi connectivity index (χ2n) is 39.4. The molecule has 8 saturated heterocycles. The summed E-state index contributed by atoms with van der Waals surface area (Å²) < 4.78 is 173. The molecule has 2 aromatic heterocycles. The molecular formula is C96H137BrCl5N11O20S8Si2. The summed E-state index contributed by atoms with van der Waals surface area (Å²) in [6.45, 7) is 25.7. The number of aliphatic hydroxyl groups excluding tert-OH is 1. The van der Waals surface area contributed by atoms with Crippen LogP contribution in [0, 0.1) is 0 Å². The number of carbonyl (C=O) groups excluding carboxylic acids is 3. The molecule has 2 bridgehead atoms. The number of hydrogen-bond donors (Lipinski definition) is 3.